The third-order valence-electron chi connectivity index (χ3n) is 3.65. The van der Waals surface area contributed by atoms with Crippen molar-refractivity contribution in [1.82, 2.24) is 10.2 Å². The first-order valence-electron chi connectivity index (χ1n) is 6.95. The highest BCUT2D eigenvalue weighted by Crippen LogP contribution is 2.23. The van der Waals surface area contributed by atoms with Gasteiger partial charge in [-0.2, -0.15) is 0 Å². The molecule has 0 bridgehead atoms. The van der Waals surface area contributed by atoms with E-state index in [1.54, 1.807) is 4.90 Å². The Bertz CT molecular complexity index is 238. The Morgan fingerprint density at radius 2 is 2.12 bits per heavy atom. The van der Waals surface area contributed by atoms with Crippen molar-refractivity contribution in [2.75, 3.05) is 20.6 Å². The summed E-state index contributed by atoms with van der Waals surface area (Å²) in [6.07, 6.45) is 6.17. The molecule has 0 spiro atoms. The predicted octanol–water partition coefficient (Wildman–Crippen LogP) is 2.27. The lowest BCUT2D eigenvalue weighted by molar-refractivity contribution is -0.131. The Morgan fingerprint density at radius 3 is 2.71 bits per heavy atom. The number of hydrogen-bond acceptors (Lipinski definition) is 2. The number of carbonyl (C=O) groups is 1. The minimum atomic E-state index is 0.0581. The van der Waals surface area contributed by atoms with Gasteiger partial charge in [0.2, 0.25) is 5.91 Å². The van der Waals surface area contributed by atoms with Gasteiger partial charge in [-0.3, -0.25) is 4.79 Å². The lowest BCUT2D eigenvalue weighted by atomic mass is 9.87. The van der Waals surface area contributed by atoms with Gasteiger partial charge in [-0.1, -0.05) is 33.1 Å². The molecule has 17 heavy (non-hydrogen) atoms. The Kier molecular flexibility index (Phi) is 5.96. The standard InChI is InChI=1S/C14H28N2O/c1-11(2)6-5-7-12-8-9-15-13(10-12)14(17)16(3)4/h11-13,15H,5-10H2,1-4H3. The monoisotopic (exact) mass is 240 g/mol. The average Bonchev–Trinajstić information content (AvgIpc) is 2.28. The van der Waals surface area contributed by atoms with Crippen LogP contribution in [0.15, 0.2) is 0 Å². The minimum Gasteiger partial charge on any atom is -0.347 e. The number of piperidine rings is 1. The molecule has 1 saturated heterocycles. The zero-order valence-electron chi connectivity index (χ0n) is 11.8. The third kappa shape index (κ3) is 5.07. The molecular formula is C14H28N2O. The van der Waals surface area contributed by atoms with Crippen LogP contribution in [0.5, 0.6) is 0 Å². The van der Waals surface area contributed by atoms with Gasteiger partial charge >= 0.3 is 0 Å². The van der Waals surface area contributed by atoms with E-state index in [0.717, 1.165) is 24.8 Å². The molecule has 0 aromatic rings. The quantitative estimate of drug-likeness (QED) is 0.799. The first-order chi connectivity index (χ1) is 8.00. The summed E-state index contributed by atoms with van der Waals surface area (Å²) >= 11 is 0. The van der Waals surface area contributed by atoms with Gasteiger partial charge < -0.3 is 10.2 Å². The number of hydrogen-bond donors (Lipinski definition) is 1. The second-order valence-electron chi connectivity index (χ2n) is 5.95. The van der Waals surface area contributed by atoms with Gasteiger partial charge in [0.05, 0.1) is 6.04 Å². The molecule has 0 aromatic heterocycles. The Hall–Kier alpha value is -0.570. The highest BCUT2D eigenvalue weighted by molar-refractivity contribution is 5.81. The molecule has 1 aliphatic rings. The third-order valence-corrected chi connectivity index (χ3v) is 3.65. The van der Waals surface area contributed by atoms with Gasteiger partial charge in [-0.15, -0.1) is 0 Å². The van der Waals surface area contributed by atoms with Gasteiger partial charge in [-0.25, -0.2) is 0 Å². The van der Waals surface area contributed by atoms with Crippen molar-refractivity contribution in [3.05, 3.63) is 0 Å². The van der Waals surface area contributed by atoms with Gasteiger partial charge in [0, 0.05) is 14.1 Å². The predicted molar refractivity (Wildman–Crippen MR) is 71.9 cm³/mol. The fraction of sp³-hybridized carbons (Fsp3) is 0.929. The molecule has 0 aliphatic carbocycles. The normalized spacial score (nSPS) is 25.0. The molecule has 1 heterocycles. The molecule has 1 fully saturated rings. The van der Waals surface area contributed by atoms with Crippen molar-refractivity contribution in [3.8, 4) is 0 Å². The molecule has 3 heteroatoms. The molecule has 2 unspecified atom stereocenters. The Labute approximate surface area is 106 Å². The molecule has 0 radical (unpaired) electrons. The molecule has 1 aliphatic heterocycles. The SMILES string of the molecule is CC(C)CCCC1CCNC(C(=O)N(C)C)C1. The van der Waals surface area contributed by atoms with Gasteiger partial charge in [0.1, 0.15) is 0 Å². The summed E-state index contributed by atoms with van der Waals surface area (Å²) in [6.45, 7) is 5.55. The summed E-state index contributed by atoms with van der Waals surface area (Å²) in [5, 5.41) is 3.34. The van der Waals surface area contributed by atoms with Crippen molar-refractivity contribution >= 4 is 5.91 Å². The van der Waals surface area contributed by atoms with Crippen molar-refractivity contribution in [1.29, 1.82) is 0 Å². The second kappa shape index (κ2) is 7.00. The highest BCUT2D eigenvalue weighted by atomic mass is 16.2. The Morgan fingerprint density at radius 1 is 1.41 bits per heavy atom. The fourth-order valence-corrected chi connectivity index (χ4v) is 2.57. The highest BCUT2D eigenvalue weighted by Gasteiger charge is 2.27. The van der Waals surface area contributed by atoms with Crippen LogP contribution < -0.4 is 5.32 Å². The lowest BCUT2D eigenvalue weighted by Gasteiger charge is -2.31. The number of carbonyl (C=O) groups excluding carboxylic acids is 1. The van der Waals surface area contributed by atoms with E-state index in [-0.39, 0.29) is 11.9 Å². The van der Waals surface area contributed by atoms with Crippen LogP contribution in [0.4, 0.5) is 0 Å². The number of rotatable bonds is 5. The van der Waals surface area contributed by atoms with Crippen LogP contribution in [0.3, 0.4) is 0 Å². The number of likely N-dealkylation sites (N-methyl/N-ethyl adjacent to an activating group) is 1. The molecule has 0 saturated carbocycles. The summed E-state index contributed by atoms with van der Waals surface area (Å²) in [6, 6.07) is 0.0581. The van der Waals surface area contributed by atoms with E-state index in [1.807, 2.05) is 14.1 Å². The van der Waals surface area contributed by atoms with Crippen molar-refractivity contribution in [3.63, 3.8) is 0 Å². The summed E-state index contributed by atoms with van der Waals surface area (Å²) in [5.74, 6) is 1.78. The van der Waals surface area contributed by atoms with Crippen LogP contribution in [0.1, 0.15) is 46.0 Å². The maximum absolute atomic E-state index is 11.9. The van der Waals surface area contributed by atoms with Crippen molar-refractivity contribution in [2.24, 2.45) is 11.8 Å². The minimum absolute atomic E-state index is 0.0581. The maximum Gasteiger partial charge on any atom is 0.239 e. The Balaban J connectivity index is 2.31. The summed E-state index contributed by atoms with van der Waals surface area (Å²) < 4.78 is 0. The van der Waals surface area contributed by atoms with E-state index < -0.39 is 0 Å². The molecule has 1 N–H and O–H groups in total. The zero-order valence-corrected chi connectivity index (χ0v) is 11.8. The van der Waals surface area contributed by atoms with Crippen LogP contribution in [0.2, 0.25) is 0 Å². The van der Waals surface area contributed by atoms with E-state index >= 15 is 0 Å². The molecular weight excluding hydrogens is 212 g/mol. The number of nitrogens with one attached hydrogen (secondary N) is 1. The first-order valence-corrected chi connectivity index (χ1v) is 6.95. The van der Waals surface area contributed by atoms with E-state index in [2.05, 4.69) is 19.2 Å². The van der Waals surface area contributed by atoms with Crippen LogP contribution in [0.25, 0.3) is 0 Å². The van der Waals surface area contributed by atoms with Crippen LogP contribution >= 0.6 is 0 Å². The summed E-state index contributed by atoms with van der Waals surface area (Å²) in [4.78, 5) is 13.6. The fourth-order valence-electron chi connectivity index (χ4n) is 2.57. The topological polar surface area (TPSA) is 32.3 Å². The van der Waals surface area contributed by atoms with Gasteiger partial charge in [-0.05, 0) is 31.2 Å². The second-order valence-corrected chi connectivity index (χ2v) is 5.95. The van der Waals surface area contributed by atoms with Gasteiger partial charge in [0.15, 0.2) is 0 Å². The molecule has 100 valence electrons. The van der Waals surface area contributed by atoms with Crippen LogP contribution in [0, 0.1) is 11.8 Å². The van der Waals surface area contributed by atoms with E-state index in [4.69, 9.17) is 0 Å². The smallest absolute Gasteiger partial charge is 0.239 e. The summed E-state index contributed by atoms with van der Waals surface area (Å²) in [5.41, 5.74) is 0. The van der Waals surface area contributed by atoms with E-state index in [0.29, 0.717) is 0 Å². The van der Waals surface area contributed by atoms with E-state index in [9.17, 15) is 4.79 Å². The molecule has 2 atom stereocenters. The van der Waals surface area contributed by atoms with Crippen molar-refractivity contribution in [2.45, 2.75) is 52.0 Å². The molecule has 3 nitrogen and oxygen atoms in total. The largest absolute Gasteiger partial charge is 0.347 e. The lowest BCUT2D eigenvalue weighted by Crippen LogP contribution is -2.48. The number of nitrogens with zero attached hydrogens (tertiary/aromatic N) is 1. The van der Waals surface area contributed by atoms with Crippen LogP contribution in [-0.2, 0) is 4.79 Å². The molecule has 1 rings (SSSR count). The van der Waals surface area contributed by atoms with Gasteiger partial charge in [0.25, 0.3) is 0 Å². The maximum atomic E-state index is 11.9. The average molecular weight is 240 g/mol. The van der Waals surface area contributed by atoms with Crippen molar-refractivity contribution < 1.29 is 4.79 Å². The van der Waals surface area contributed by atoms with E-state index in [1.165, 1.54) is 25.7 Å². The molecule has 1 amide bonds. The number of amides is 1. The zero-order chi connectivity index (χ0) is 12.8. The summed E-state index contributed by atoms with van der Waals surface area (Å²) in [7, 11) is 3.68. The first kappa shape index (κ1) is 14.5. The van der Waals surface area contributed by atoms with Crippen LogP contribution in [-0.4, -0.2) is 37.5 Å². The molecule has 0 aromatic carbocycles.